The number of unbranched alkanes of at least 4 members (excludes halogenated alkanes) is 3. The van der Waals surface area contributed by atoms with Crippen LogP contribution in [0.1, 0.15) is 60.1 Å². The molecule has 0 unspecified atom stereocenters. The van der Waals surface area contributed by atoms with Crippen LogP contribution in [0.15, 0.2) is 36.4 Å². The van der Waals surface area contributed by atoms with Gasteiger partial charge in [-0.3, -0.25) is 19.7 Å². The molecule has 2 aliphatic heterocycles. The van der Waals surface area contributed by atoms with Crippen LogP contribution in [0.3, 0.4) is 0 Å². The number of phenolic OH excluding ortho intramolecular Hbond substituents is 2. The number of aromatic carboxylic acids is 1. The highest BCUT2D eigenvalue weighted by molar-refractivity contribution is 6.24. The number of anilines is 1. The fraction of sp³-hybridized carbons (Fsp3) is 0.385. The van der Waals surface area contributed by atoms with E-state index in [9.17, 15) is 39.6 Å². The molecular weight excluding hydrogens is 468 g/mol. The average Bonchev–Trinajstić information content (AvgIpc) is 3.34. The monoisotopic (exact) mass is 496 g/mol. The topological polar surface area (TPSA) is 164 Å². The number of phenols is 2. The molecule has 0 aromatic heterocycles. The van der Waals surface area contributed by atoms with Crippen molar-refractivity contribution in [1.29, 1.82) is 0 Å². The van der Waals surface area contributed by atoms with Gasteiger partial charge in [-0.2, -0.15) is 0 Å². The molecule has 4 rings (SSSR count). The number of nitrogens with zero attached hydrogens (tertiary/aromatic N) is 1. The van der Waals surface area contributed by atoms with Crippen LogP contribution in [0, 0.1) is 11.8 Å². The number of aryl methyl sites for hydroxylation is 1. The van der Waals surface area contributed by atoms with E-state index in [0.29, 0.717) is 12.0 Å². The predicted octanol–water partition coefficient (Wildman–Crippen LogP) is 2.82. The van der Waals surface area contributed by atoms with Crippen LogP contribution in [-0.4, -0.2) is 50.2 Å². The molecule has 2 amide bonds. The molecule has 2 fully saturated rings. The maximum absolute atomic E-state index is 13.5. The third kappa shape index (κ3) is 4.39. The number of amides is 2. The molecule has 10 heteroatoms. The standard InChI is InChI=1S/C26H28N2O8/c1-2-3-4-5-7-13-11-16(18(30)12-17(13)29)21-19-20(22(27-21)26(35)36)24(32)28(23(19)31)15-9-6-8-14(10-15)25(33)34/h6,8-12,19-22,27,29-30H,2-5,7H2,1H3,(H,33,34)(H,35,36)/t19-,20+,21+,22+/m1/s1. The van der Waals surface area contributed by atoms with Gasteiger partial charge in [0.25, 0.3) is 0 Å². The number of imide groups is 1. The number of carbonyl (C=O) groups excluding carboxylic acids is 2. The third-order valence-electron chi connectivity index (χ3n) is 6.96. The first kappa shape index (κ1) is 25.2. The summed E-state index contributed by atoms with van der Waals surface area (Å²) in [5, 5.41) is 42.9. The molecule has 5 N–H and O–H groups in total. The minimum absolute atomic E-state index is 0.0359. The molecule has 4 atom stereocenters. The first-order valence-corrected chi connectivity index (χ1v) is 11.9. The van der Waals surface area contributed by atoms with Crippen molar-refractivity contribution in [3.63, 3.8) is 0 Å². The number of nitrogens with one attached hydrogen (secondary N) is 1. The zero-order chi connectivity index (χ0) is 26.1. The summed E-state index contributed by atoms with van der Waals surface area (Å²) < 4.78 is 0. The van der Waals surface area contributed by atoms with Crippen molar-refractivity contribution in [2.24, 2.45) is 11.8 Å². The lowest BCUT2D eigenvalue weighted by Crippen LogP contribution is -2.43. The number of carboxylic acids is 2. The van der Waals surface area contributed by atoms with Crippen molar-refractivity contribution in [2.45, 2.75) is 51.1 Å². The van der Waals surface area contributed by atoms with E-state index in [-0.39, 0.29) is 28.3 Å². The van der Waals surface area contributed by atoms with Gasteiger partial charge in [-0.25, -0.2) is 9.69 Å². The summed E-state index contributed by atoms with van der Waals surface area (Å²) in [6, 6.07) is 5.64. The van der Waals surface area contributed by atoms with Gasteiger partial charge in [0.05, 0.1) is 23.1 Å². The van der Waals surface area contributed by atoms with Gasteiger partial charge in [0, 0.05) is 17.7 Å². The van der Waals surface area contributed by atoms with Crippen molar-refractivity contribution < 1.29 is 39.6 Å². The lowest BCUT2D eigenvalue weighted by atomic mass is 9.85. The molecule has 2 saturated heterocycles. The fourth-order valence-corrected chi connectivity index (χ4v) is 5.19. The highest BCUT2D eigenvalue weighted by Gasteiger charge is 2.61. The van der Waals surface area contributed by atoms with Gasteiger partial charge in [-0.15, -0.1) is 0 Å². The summed E-state index contributed by atoms with van der Waals surface area (Å²) in [6.45, 7) is 2.08. The molecule has 190 valence electrons. The van der Waals surface area contributed by atoms with Crippen LogP contribution >= 0.6 is 0 Å². The number of rotatable bonds is 9. The van der Waals surface area contributed by atoms with Gasteiger partial charge < -0.3 is 20.4 Å². The van der Waals surface area contributed by atoms with Gasteiger partial charge >= 0.3 is 11.9 Å². The number of hydrogen-bond donors (Lipinski definition) is 5. The van der Waals surface area contributed by atoms with Gasteiger partial charge in [0.1, 0.15) is 17.5 Å². The average molecular weight is 497 g/mol. The second-order valence-electron chi connectivity index (χ2n) is 9.23. The third-order valence-corrected chi connectivity index (χ3v) is 6.96. The van der Waals surface area contributed by atoms with E-state index >= 15 is 0 Å². The van der Waals surface area contributed by atoms with Gasteiger partial charge in [-0.1, -0.05) is 32.3 Å². The molecule has 2 aliphatic rings. The van der Waals surface area contributed by atoms with Gasteiger partial charge in [0.2, 0.25) is 11.8 Å². The second-order valence-corrected chi connectivity index (χ2v) is 9.23. The Kier molecular flexibility index (Phi) is 6.98. The summed E-state index contributed by atoms with van der Waals surface area (Å²) >= 11 is 0. The van der Waals surface area contributed by atoms with Crippen LogP contribution in [0.2, 0.25) is 0 Å². The van der Waals surface area contributed by atoms with E-state index in [2.05, 4.69) is 12.2 Å². The largest absolute Gasteiger partial charge is 0.508 e. The molecule has 10 nitrogen and oxygen atoms in total. The Bertz CT molecular complexity index is 1230. The summed E-state index contributed by atoms with van der Waals surface area (Å²) in [5.74, 6) is -6.83. The first-order chi connectivity index (χ1) is 17.1. The Balaban J connectivity index is 1.72. The lowest BCUT2D eigenvalue weighted by Gasteiger charge is -2.23. The zero-order valence-corrected chi connectivity index (χ0v) is 19.7. The highest BCUT2D eigenvalue weighted by atomic mass is 16.4. The van der Waals surface area contributed by atoms with E-state index in [1.165, 1.54) is 30.3 Å². The van der Waals surface area contributed by atoms with Crippen LogP contribution < -0.4 is 10.2 Å². The number of aromatic hydroxyl groups is 2. The molecule has 0 bridgehead atoms. The molecule has 2 aromatic rings. The normalized spacial score (nSPS) is 23.2. The van der Waals surface area contributed by atoms with Crippen LogP contribution in [-0.2, 0) is 20.8 Å². The number of hydrogen-bond acceptors (Lipinski definition) is 7. The van der Waals surface area contributed by atoms with Crippen LogP contribution in [0.25, 0.3) is 0 Å². The Labute approximate surface area is 207 Å². The van der Waals surface area contributed by atoms with Crippen molar-refractivity contribution in [2.75, 3.05) is 4.90 Å². The molecule has 2 aromatic carbocycles. The maximum Gasteiger partial charge on any atom is 0.335 e. The number of carbonyl (C=O) groups is 4. The van der Waals surface area contributed by atoms with Crippen molar-refractivity contribution in [1.82, 2.24) is 5.32 Å². The number of fused-ring (bicyclic) bond motifs is 1. The van der Waals surface area contributed by atoms with Crippen LogP contribution in [0.5, 0.6) is 11.5 Å². The predicted molar refractivity (Wildman–Crippen MR) is 128 cm³/mol. The fourth-order valence-electron chi connectivity index (χ4n) is 5.19. The summed E-state index contributed by atoms with van der Waals surface area (Å²) in [5.41, 5.74) is 0.686. The molecule has 0 aliphatic carbocycles. The van der Waals surface area contributed by atoms with Crippen molar-refractivity contribution >= 4 is 29.4 Å². The van der Waals surface area contributed by atoms with E-state index in [1.54, 1.807) is 6.07 Å². The SMILES string of the molecule is CCCCCCc1cc([C@@H]2N[C@H](C(=O)O)[C@H]3C(=O)N(c4cccc(C(=O)O)c4)C(=O)[C@H]32)c(O)cc1O. The number of benzene rings is 2. The maximum atomic E-state index is 13.5. The van der Waals surface area contributed by atoms with E-state index in [4.69, 9.17) is 0 Å². The molecule has 36 heavy (non-hydrogen) atoms. The number of carboxylic acid groups (broad SMARTS) is 2. The minimum atomic E-state index is -1.40. The van der Waals surface area contributed by atoms with Gasteiger partial charge in [-0.05, 0) is 42.7 Å². The molecular formula is C26H28N2O8. The first-order valence-electron chi connectivity index (χ1n) is 11.9. The summed E-state index contributed by atoms with van der Waals surface area (Å²) in [6.07, 6.45) is 4.37. The molecule has 0 spiro atoms. The minimum Gasteiger partial charge on any atom is -0.508 e. The Hall–Kier alpha value is -3.92. The van der Waals surface area contributed by atoms with Gasteiger partial charge in [0.15, 0.2) is 0 Å². The van der Waals surface area contributed by atoms with Crippen molar-refractivity contribution in [3.8, 4) is 11.5 Å². The quantitative estimate of drug-likeness (QED) is 0.259. The Morgan fingerprint density at radius 2 is 1.67 bits per heavy atom. The smallest absolute Gasteiger partial charge is 0.335 e. The lowest BCUT2D eigenvalue weighted by molar-refractivity contribution is -0.142. The van der Waals surface area contributed by atoms with E-state index in [0.717, 1.165) is 30.6 Å². The zero-order valence-electron chi connectivity index (χ0n) is 19.7. The molecule has 2 heterocycles. The van der Waals surface area contributed by atoms with Crippen molar-refractivity contribution in [3.05, 3.63) is 53.1 Å². The molecule has 0 saturated carbocycles. The second kappa shape index (κ2) is 9.98. The summed E-state index contributed by atoms with van der Waals surface area (Å²) in [7, 11) is 0. The van der Waals surface area contributed by atoms with E-state index in [1.807, 2.05) is 0 Å². The van der Waals surface area contributed by atoms with Crippen LogP contribution in [0.4, 0.5) is 5.69 Å². The van der Waals surface area contributed by atoms with E-state index < -0.39 is 47.7 Å². The Morgan fingerprint density at radius 1 is 0.944 bits per heavy atom. The summed E-state index contributed by atoms with van der Waals surface area (Å²) in [4.78, 5) is 51.1. The highest BCUT2D eigenvalue weighted by Crippen LogP contribution is 2.48. The number of aliphatic carboxylic acids is 1. The molecule has 0 radical (unpaired) electrons. The Morgan fingerprint density at radius 3 is 2.33 bits per heavy atom.